The van der Waals surface area contributed by atoms with Crippen LogP contribution in [0, 0.1) is 0 Å². The Morgan fingerprint density at radius 1 is 1.09 bits per heavy atom. The largest absolute Gasteiger partial charge is 0.573 e. The van der Waals surface area contributed by atoms with Gasteiger partial charge in [0.1, 0.15) is 5.75 Å². The molecule has 0 spiro atoms. The molecule has 0 N–H and O–H groups in total. The second kappa shape index (κ2) is 9.79. The van der Waals surface area contributed by atoms with E-state index in [9.17, 15) is 18.0 Å². The summed E-state index contributed by atoms with van der Waals surface area (Å²) in [6.07, 6.45) is -4.08. The van der Waals surface area contributed by atoms with Gasteiger partial charge in [0.2, 0.25) is 11.1 Å². The minimum Gasteiger partial charge on any atom is -0.493 e. The van der Waals surface area contributed by atoms with Crippen molar-refractivity contribution in [3.8, 4) is 22.9 Å². The lowest BCUT2D eigenvalue weighted by Crippen LogP contribution is -2.37. The first kappa shape index (κ1) is 23.7. The lowest BCUT2D eigenvalue weighted by molar-refractivity contribution is -0.274. The van der Waals surface area contributed by atoms with Crippen molar-refractivity contribution < 1.29 is 32.2 Å². The highest BCUT2D eigenvalue weighted by Crippen LogP contribution is 2.33. The molecule has 1 aliphatic heterocycles. The zero-order valence-corrected chi connectivity index (χ0v) is 19.0. The van der Waals surface area contributed by atoms with Crippen LogP contribution in [0.5, 0.6) is 17.2 Å². The molecule has 0 radical (unpaired) electrons. The van der Waals surface area contributed by atoms with Gasteiger partial charge in [-0.3, -0.25) is 4.79 Å². The molecule has 0 atom stereocenters. The van der Waals surface area contributed by atoms with Crippen LogP contribution in [-0.2, 0) is 17.8 Å². The molecule has 1 aromatic heterocycles. The third kappa shape index (κ3) is 5.35. The summed E-state index contributed by atoms with van der Waals surface area (Å²) >= 11 is 1.14. The second-order valence-electron chi connectivity index (χ2n) is 7.24. The number of tetrazole rings is 1. The van der Waals surface area contributed by atoms with Crippen molar-refractivity contribution in [3.63, 3.8) is 0 Å². The number of halogens is 3. The first-order valence-corrected chi connectivity index (χ1v) is 11.0. The van der Waals surface area contributed by atoms with Crippen molar-refractivity contribution in [2.75, 3.05) is 26.5 Å². The predicted octanol–water partition coefficient (Wildman–Crippen LogP) is 3.26. The number of alkyl halides is 3. The van der Waals surface area contributed by atoms with Gasteiger partial charge in [0.15, 0.2) is 11.5 Å². The SMILES string of the molecule is COc1cc2c(cc1OC)CN(C(=O)CSc1nnnn1-c1ccc(OC(F)(F)F)cc1)CC2. The number of thioether (sulfide) groups is 1. The predicted molar refractivity (Wildman–Crippen MR) is 115 cm³/mol. The summed E-state index contributed by atoms with van der Waals surface area (Å²) in [6, 6.07) is 8.94. The van der Waals surface area contributed by atoms with E-state index in [0.717, 1.165) is 22.9 Å². The van der Waals surface area contributed by atoms with Crippen molar-refractivity contribution in [2.24, 2.45) is 0 Å². The van der Waals surface area contributed by atoms with Crippen LogP contribution in [0.1, 0.15) is 11.1 Å². The van der Waals surface area contributed by atoms with Gasteiger partial charge < -0.3 is 19.1 Å². The topological polar surface area (TPSA) is 91.6 Å². The Hall–Kier alpha value is -3.48. The highest BCUT2D eigenvalue weighted by Gasteiger charge is 2.31. The molecule has 0 fully saturated rings. The van der Waals surface area contributed by atoms with Gasteiger partial charge in [0, 0.05) is 13.1 Å². The Balaban J connectivity index is 1.40. The third-order valence-electron chi connectivity index (χ3n) is 5.15. The molecule has 3 aromatic rings. The maximum Gasteiger partial charge on any atom is 0.573 e. The van der Waals surface area contributed by atoms with Crippen molar-refractivity contribution in [2.45, 2.75) is 24.5 Å². The number of fused-ring (bicyclic) bond motifs is 1. The summed E-state index contributed by atoms with van der Waals surface area (Å²) in [6.45, 7) is 1.01. The molecule has 1 amide bonds. The van der Waals surface area contributed by atoms with Crippen LogP contribution >= 0.6 is 11.8 Å². The fraction of sp³-hybridized carbons (Fsp3) is 0.333. The van der Waals surface area contributed by atoms with Gasteiger partial charge in [0.25, 0.3) is 0 Å². The van der Waals surface area contributed by atoms with Crippen LogP contribution in [0.25, 0.3) is 5.69 Å². The van der Waals surface area contributed by atoms with E-state index in [1.807, 2.05) is 12.1 Å². The number of carbonyl (C=O) groups excluding carboxylic acids is 1. The number of ether oxygens (including phenoxy) is 3. The van der Waals surface area contributed by atoms with Gasteiger partial charge in [0.05, 0.1) is 25.7 Å². The number of benzene rings is 2. The monoisotopic (exact) mass is 495 g/mol. The molecule has 9 nitrogen and oxygen atoms in total. The standard InChI is InChI=1S/C21H20F3N5O4S/c1-31-17-9-13-7-8-28(11-14(13)10-18(17)32-2)19(30)12-34-20-25-26-27-29(20)15-3-5-16(6-4-15)33-21(22,23)24/h3-6,9-10H,7-8,11-12H2,1-2H3. The first-order valence-electron chi connectivity index (χ1n) is 10.1. The van der Waals surface area contributed by atoms with Gasteiger partial charge in [-0.25, -0.2) is 0 Å². The van der Waals surface area contributed by atoms with E-state index in [2.05, 4.69) is 20.3 Å². The summed E-state index contributed by atoms with van der Waals surface area (Å²) in [5.74, 6) is 0.914. The zero-order chi connectivity index (χ0) is 24.3. The maximum absolute atomic E-state index is 12.9. The highest BCUT2D eigenvalue weighted by atomic mass is 32.2. The van der Waals surface area contributed by atoms with Gasteiger partial charge in [-0.2, -0.15) is 4.68 Å². The number of methoxy groups -OCH3 is 2. The van der Waals surface area contributed by atoms with Crippen molar-refractivity contribution in [1.29, 1.82) is 0 Å². The number of amides is 1. The van der Waals surface area contributed by atoms with Gasteiger partial charge >= 0.3 is 6.36 Å². The molecule has 0 unspecified atom stereocenters. The lowest BCUT2D eigenvalue weighted by atomic mass is 9.99. The maximum atomic E-state index is 12.9. The van der Waals surface area contributed by atoms with Crippen LogP contribution in [0.15, 0.2) is 41.6 Å². The van der Waals surface area contributed by atoms with E-state index in [-0.39, 0.29) is 17.4 Å². The average Bonchev–Trinajstić information content (AvgIpc) is 3.29. The molecule has 0 aliphatic carbocycles. The number of hydrogen-bond acceptors (Lipinski definition) is 8. The number of hydrogen-bond donors (Lipinski definition) is 0. The molecule has 0 saturated heterocycles. The van der Waals surface area contributed by atoms with E-state index in [0.29, 0.717) is 41.9 Å². The fourth-order valence-electron chi connectivity index (χ4n) is 3.53. The van der Waals surface area contributed by atoms with E-state index in [1.54, 1.807) is 19.1 Å². The van der Waals surface area contributed by atoms with E-state index in [1.165, 1.54) is 28.9 Å². The Morgan fingerprint density at radius 2 is 1.76 bits per heavy atom. The summed E-state index contributed by atoms with van der Waals surface area (Å²) in [5.41, 5.74) is 2.53. The lowest BCUT2D eigenvalue weighted by Gasteiger charge is -2.29. The molecule has 13 heteroatoms. The average molecular weight is 495 g/mol. The van der Waals surface area contributed by atoms with Gasteiger partial charge in [-0.15, -0.1) is 18.3 Å². The minimum atomic E-state index is -4.77. The number of nitrogens with zero attached hydrogens (tertiary/aromatic N) is 5. The molecule has 180 valence electrons. The van der Waals surface area contributed by atoms with Crippen LogP contribution in [0.2, 0.25) is 0 Å². The normalized spacial score (nSPS) is 13.4. The summed E-state index contributed by atoms with van der Waals surface area (Å²) in [5, 5.41) is 11.7. The molecule has 2 aromatic carbocycles. The van der Waals surface area contributed by atoms with E-state index in [4.69, 9.17) is 9.47 Å². The molecule has 2 heterocycles. The zero-order valence-electron chi connectivity index (χ0n) is 18.2. The minimum absolute atomic E-state index is 0.0890. The second-order valence-corrected chi connectivity index (χ2v) is 8.19. The Kier molecular flexibility index (Phi) is 6.82. The summed E-state index contributed by atoms with van der Waals surface area (Å²) < 4.78 is 53.0. The number of rotatable bonds is 7. The summed E-state index contributed by atoms with van der Waals surface area (Å²) in [7, 11) is 3.14. The van der Waals surface area contributed by atoms with Crippen LogP contribution < -0.4 is 14.2 Å². The smallest absolute Gasteiger partial charge is 0.493 e. The van der Waals surface area contributed by atoms with Crippen LogP contribution in [0.3, 0.4) is 0 Å². The highest BCUT2D eigenvalue weighted by molar-refractivity contribution is 7.99. The Morgan fingerprint density at radius 3 is 2.41 bits per heavy atom. The summed E-state index contributed by atoms with van der Waals surface area (Å²) in [4.78, 5) is 14.6. The van der Waals surface area contributed by atoms with Gasteiger partial charge in [-0.1, -0.05) is 11.8 Å². The Bertz CT molecular complexity index is 1170. The molecule has 0 saturated carbocycles. The molecule has 1 aliphatic rings. The quantitative estimate of drug-likeness (QED) is 0.462. The Labute approximate surface area is 196 Å². The third-order valence-corrected chi connectivity index (χ3v) is 6.06. The van der Waals surface area contributed by atoms with Crippen molar-refractivity contribution in [3.05, 3.63) is 47.5 Å². The molecule has 4 rings (SSSR count). The number of carbonyl (C=O) groups is 1. The van der Waals surface area contributed by atoms with Crippen molar-refractivity contribution >= 4 is 17.7 Å². The van der Waals surface area contributed by atoms with E-state index >= 15 is 0 Å². The molecular weight excluding hydrogens is 475 g/mol. The fourth-order valence-corrected chi connectivity index (χ4v) is 4.33. The molecule has 34 heavy (non-hydrogen) atoms. The van der Waals surface area contributed by atoms with Crippen LogP contribution in [0.4, 0.5) is 13.2 Å². The first-order chi connectivity index (χ1) is 16.3. The van der Waals surface area contributed by atoms with Crippen LogP contribution in [-0.4, -0.2) is 63.9 Å². The molecular formula is C21H20F3N5O4S. The molecule has 0 bridgehead atoms. The van der Waals surface area contributed by atoms with Gasteiger partial charge in [-0.05, 0) is 64.4 Å². The van der Waals surface area contributed by atoms with E-state index < -0.39 is 6.36 Å². The van der Waals surface area contributed by atoms with Crippen molar-refractivity contribution in [1.82, 2.24) is 25.1 Å². The number of aromatic nitrogens is 4.